The molecule has 0 saturated carbocycles. The largest absolute Gasteiger partial charge is 0.476 e. The van der Waals surface area contributed by atoms with Gasteiger partial charge in [-0.1, -0.05) is 12.0 Å². The van der Waals surface area contributed by atoms with Crippen LogP contribution in [0.25, 0.3) is 0 Å². The maximum absolute atomic E-state index is 12.9. The number of rotatable bonds is 3. The number of carboxylic acids is 1. The third kappa shape index (κ3) is 5.26. The van der Waals surface area contributed by atoms with Crippen LogP contribution in [0.1, 0.15) is 28.8 Å². The van der Waals surface area contributed by atoms with Crippen LogP contribution in [0, 0.1) is 11.8 Å². The van der Waals surface area contributed by atoms with Crippen molar-refractivity contribution in [2.24, 2.45) is 0 Å². The second kappa shape index (κ2) is 8.84. The number of hydrogen-bond acceptors (Lipinski definition) is 8. The van der Waals surface area contributed by atoms with E-state index in [0.29, 0.717) is 0 Å². The minimum absolute atomic E-state index is 0.0813. The fourth-order valence-electron chi connectivity index (χ4n) is 2.72. The number of carboxylic acid groups (broad SMARTS) is 1. The van der Waals surface area contributed by atoms with E-state index in [0.717, 1.165) is 18.2 Å². The number of pyridine rings is 1. The van der Waals surface area contributed by atoms with E-state index in [-0.39, 0.29) is 11.4 Å². The van der Waals surface area contributed by atoms with Gasteiger partial charge in [0.25, 0.3) is 0 Å². The number of aromatic carboxylic acids is 1. The van der Waals surface area contributed by atoms with Gasteiger partial charge in [-0.15, -0.1) is 10.2 Å². The van der Waals surface area contributed by atoms with Crippen LogP contribution in [0.2, 0.25) is 0 Å². The van der Waals surface area contributed by atoms with Crippen LogP contribution in [-0.4, -0.2) is 67.0 Å². The summed E-state index contributed by atoms with van der Waals surface area (Å²) in [6, 6.07) is 5.48. The Morgan fingerprint density at radius 3 is 2.52 bits per heavy atom. The standard InChI is InChI=1S/C19H16F3N3O6/c1-9-15(26)16(27)17(31-14-4-2-3-13(23-14)19(20,21)22)12(30-9)8-6-10-5-7-11(18(28)29)25-24-10/h2-5,7,9,12,15-17,26-27H,1H3,(H,28,29)/t9-,12-,15+,16+,17+/m1/s1. The molecular weight excluding hydrogens is 423 g/mol. The van der Waals surface area contributed by atoms with Crippen LogP contribution >= 0.6 is 0 Å². The topological polar surface area (TPSA) is 135 Å². The third-order valence-corrected chi connectivity index (χ3v) is 4.32. The highest BCUT2D eigenvalue weighted by Crippen LogP contribution is 2.30. The lowest BCUT2D eigenvalue weighted by atomic mass is 9.95. The molecule has 1 saturated heterocycles. The summed E-state index contributed by atoms with van der Waals surface area (Å²) in [5, 5.41) is 36.4. The molecule has 0 aromatic carbocycles. The van der Waals surface area contributed by atoms with Gasteiger partial charge in [0, 0.05) is 6.07 Å². The summed E-state index contributed by atoms with van der Waals surface area (Å²) in [6.45, 7) is 1.47. The first kappa shape index (κ1) is 22.4. The number of aliphatic hydroxyl groups is 2. The van der Waals surface area contributed by atoms with Gasteiger partial charge in [0.05, 0.1) is 6.10 Å². The maximum Gasteiger partial charge on any atom is 0.433 e. The van der Waals surface area contributed by atoms with Crippen molar-refractivity contribution in [3.63, 3.8) is 0 Å². The van der Waals surface area contributed by atoms with E-state index in [1.807, 2.05) is 0 Å². The average molecular weight is 439 g/mol. The zero-order chi connectivity index (χ0) is 22.8. The molecule has 9 nitrogen and oxygen atoms in total. The molecule has 0 amide bonds. The average Bonchev–Trinajstić information content (AvgIpc) is 2.73. The first-order chi connectivity index (χ1) is 14.6. The number of halogens is 3. The highest BCUT2D eigenvalue weighted by atomic mass is 19.4. The summed E-state index contributed by atoms with van der Waals surface area (Å²) < 4.78 is 49.6. The lowest BCUT2D eigenvalue weighted by Gasteiger charge is -2.39. The Morgan fingerprint density at radius 1 is 1.16 bits per heavy atom. The molecule has 3 N–H and O–H groups in total. The molecular formula is C19H16F3N3O6. The van der Waals surface area contributed by atoms with Gasteiger partial charge in [0.1, 0.15) is 23.6 Å². The van der Waals surface area contributed by atoms with Gasteiger partial charge in [-0.05, 0) is 31.0 Å². The molecule has 164 valence electrons. The lowest BCUT2D eigenvalue weighted by molar-refractivity contribution is -0.195. The molecule has 0 unspecified atom stereocenters. The highest BCUT2D eigenvalue weighted by molar-refractivity contribution is 5.84. The van der Waals surface area contributed by atoms with Crippen molar-refractivity contribution in [2.75, 3.05) is 0 Å². The Kier molecular flexibility index (Phi) is 6.40. The van der Waals surface area contributed by atoms with E-state index in [1.54, 1.807) is 0 Å². The van der Waals surface area contributed by atoms with Crippen LogP contribution in [0.5, 0.6) is 5.88 Å². The monoisotopic (exact) mass is 439 g/mol. The molecule has 0 aliphatic carbocycles. The van der Waals surface area contributed by atoms with Gasteiger partial charge in [0.15, 0.2) is 17.9 Å². The Balaban J connectivity index is 1.86. The predicted octanol–water partition coefficient (Wildman–Crippen LogP) is 0.897. The molecule has 5 atom stereocenters. The van der Waals surface area contributed by atoms with Crippen LogP contribution in [0.15, 0.2) is 30.3 Å². The Bertz CT molecular complexity index is 1010. The van der Waals surface area contributed by atoms with E-state index in [2.05, 4.69) is 27.0 Å². The molecule has 2 aromatic rings. The number of alkyl halides is 3. The molecule has 31 heavy (non-hydrogen) atoms. The van der Waals surface area contributed by atoms with E-state index >= 15 is 0 Å². The van der Waals surface area contributed by atoms with Crippen molar-refractivity contribution in [1.82, 2.24) is 15.2 Å². The van der Waals surface area contributed by atoms with Gasteiger partial charge < -0.3 is 24.8 Å². The summed E-state index contributed by atoms with van der Waals surface area (Å²) in [6.07, 6.45) is -11.0. The minimum Gasteiger partial charge on any atom is -0.476 e. The summed E-state index contributed by atoms with van der Waals surface area (Å²) in [5.74, 6) is 3.48. The highest BCUT2D eigenvalue weighted by Gasteiger charge is 2.44. The number of hydrogen-bond donors (Lipinski definition) is 3. The molecule has 2 aromatic heterocycles. The first-order valence-corrected chi connectivity index (χ1v) is 8.87. The van der Waals surface area contributed by atoms with Crippen molar-refractivity contribution in [3.8, 4) is 17.7 Å². The zero-order valence-electron chi connectivity index (χ0n) is 15.8. The molecule has 0 bridgehead atoms. The van der Waals surface area contributed by atoms with E-state index in [9.17, 15) is 28.2 Å². The molecule has 1 aliphatic heterocycles. The lowest BCUT2D eigenvalue weighted by Crippen LogP contribution is -2.58. The third-order valence-electron chi connectivity index (χ3n) is 4.32. The second-order valence-electron chi connectivity index (χ2n) is 6.56. The van der Waals surface area contributed by atoms with Gasteiger partial charge in [-0.25, -0.2) is 9.78 Å². The minimum atomic E-state index is -4.70. The Morgan fingerprint density at radius 2 is 1.90 bits per heavy atom. The molecule has 1 aliphatic rings. The van der Waals surface area contributed by atoms with E-state index in [1.165, 1.54) is 19.1 Å². The van der Waals surface area contributed by atoms with E-state index in [4.69, 9.17) is 14.6 Å². The summed E-state index contributed by atoms with van der Waals surface area (Å²) in [5.41, 5.74) is -1.40. The SMILES string of the molecule is C[C@H]1O[C@H](C#Cc2ccc(C(=O)O)nn2)[C@H](Oc2cccc(C(F)(F)F)n2)[C@@H](O)[C@H]1O. The van der Waals surface area contributed by atoms with Crippen LogP contribution in [-0.2, 0) is 10.9 Å². The number of aliphatic hydroxyl groups excluding tert-OH is 2. The van der Waals surface area contributed by atoms with Gasteiger partial charge in [0.2, 0.25) is 5.88 Å². The predicted molar refractivity (Wildman–Crippen MR) is 95.9 cm³/mol. The first-order valence-electron chi connectivity index (χ1n) is 8.87. The quantitative estimate of drug-likeness (QED) is 0.596. The number of nitrogens with zero attached hydrogens (tertiary/aromatic N) is 3. The van der Waals surface area contributed by atoms with Gasteiger partial charge in [-0.3, -0.25) is 0 Å². The summed E-state index contributed by atoms with van der Waals surface area (Å²) in [7, 11) is 0. The number of ether oxygens (including phenoxy) is 2. The summed E-state index contributed by atoms with van der Waals surface area (Å²) >= 11 is 0. The van der Waals surface area contributed by atoms with Crippen LogP contribution in [0.3, 0.4) is 0 Å². The molecule has 1 fully saturated rings. The molecule has 3 rings (SSSR count). The van der Waals surface area contributed by atoms with Crippen molar-refractivity contribution in [3.05, 3.63) is 47.4 Å². The maximum atomic E-state index is 12.9. The van der Waals surface area contributed by atoms with Gasteiger partial charge in [-0.2, -0.15) is 13.2 Å². The molecule has 0 spiro atoms. The molecule has 12 heteroatoms. The fourth-order valence-corrected chi connectivity index (χ4v) is 2.72. The van der Waals surface area contributed by atoms with Crippen LogP contribution < -0.4 is 4.74 Å². The van der Waals surface area contributed by atoms with Crippen molar-refractivity contribution in [1.29, 1.82) is 0 Å². The van der Waals surface area contributed by atoms with Crippen molar-refractivity contribution in [2.45, 2.75) is 43.6 Å². The van der Waals surface area contributed by atoms with Crippen molar-refractivity contribution < 1.29 is 42.8 Å². The van der Waals surface area contributed by atoms with Gasteiger partial charge >= 0.3 is 12.1 Å². The molecule has 0 radical (unpaired) electrons. The zero-order valence-corrected chi connectivity index (χ0v) is 15.8. The Hall–Kier alpha value is -3.27. The smallest absolute Gasteiger partial charge is 0.433 e. The second-order valence-corrected chi connectivity index (χ2v) is 6.56. The summed E-state index contributed by atoms with van der Waals surface area (Å²) in [4.78, 5) is 14.2. The van der Waals surface area contributed by atoms with E-state index < -0.39 is 54.2 Å². The van der Waals surface area contributed by atoms with Crippen LogP contribution in [0.4, 0.5) is 13.2 Å². The number of carbonyl (C=O) groups is 1. The molecule has 3 heterocycles. The number of aromatic nitrogens is 3. The van der Waals surface area contributed by atoms with Crippen molar-refractivity contribution >= 4 is 5.97 Å². The Labute approximate surface area is 173 Å². The fraction of sp³-hybridized carbons (Fsp3) is 0.368. The normalized spacial score (nSPS) is 25.9.